The van der Waals surface area contributed by atoms with Gasteiger partial charge in [0.1, 0.15) is 0 Å². The Morgan fingerprint density at radius 3 is 2.12 bits per heavy atom. The number of nitrogens with zero attached hydrogens (tertiary/aromatic N) is 1. The van der Waals surface area contributed by atoms with Crippen molar-refractivity contribution in [2.24, 2.45) is 5.73 Å². The Kier molecular flexibility index (Phi) is 5.06. The van der Waals surface area contributed by atoms with Crippen molar-refractivity contribution >= 4 is 17.5 Å². The van der Waals surface area contributed by atoms with E-state index < -0.39 is 5.91 Å². The second-order valence-electron chi connectivity index (χ2n) is 8.39. The van der Waals surface area contributed by atoms with Crippen LogP contribution in [0.15, 0.2) is 84.9 Å². The van der Waals surface area contributed by atoms with Gasteiger partial charge in [-0.1, -0.05) is 72.8 Å². The molecule has 1 aliphatic heterocycles. The maximum absolute atomic E-state index is 14.2. The summed E-state index contributed by atoms with van der Waals surface area (Å²) in [7, 11) is 0. The van der Waals surface area contributed by atoms with Gasteiger partial charge in [-0.2, -0.15) is 0 Å². The molecule has 0 bridgehead atoms. The molecule has 0 unspecified atom stereocenters. The van der Waals surface area contributed by atoms with E-state index in [1.807, 2.05) is 80.6 Å². The lowest BCUT2D eigenvalue weighted by Crippen LogP contribution is -2.34. The highest BCUT2D eigenvalue weighted by molar-refractivity contribution is 6.14. The lowest BCUT2D eigenvalue weighted by Gasteiger charge is -2.32. The lowest BCUT2D eigenvalue weighted by atomic mass is 9.87. The summed E-state index contributed by atoms with van der Waals surface area (Å²) >= 11 is 0. The maximum atomic E-state index is 14.2. The fourth-order valence-electron chi connectivity index (χ4n) is 4.76. The third-order valence-corrected chi connectivity index (χ3v) is 6.53. The number of rotatable bonds is 3. The maximum Gasteiger partial charge on any atom is 0.259 e. The van der Waals surface area contributed by atoms with E-state index in [0.717, 1.165) is 44.6 Å². The van der Waals surface area contributed by atoms with Crippen molar-refractivity contribution in [3.8, 4) is 22.3 Å². The molecule has 4 aromatic rings. The van der Waals surface area contributed by atoms with E-state index in [4.69, 9.17) is 5.73 Å². The summed E-state index contributed by atoms with van der Waals surface area (Å²) in [6.07, 6.45) is 0. The number of fused-ring (bicyclic) bond motifs is 3. The Hall–Kier alpha value is -4.18. The molecule has 33 heavy (non-hydrogen) atoms. The van der Waals surface area contributed by atoms with Crippen LogP contribution in [0.5, 0.6) is 0 Å². The van der Waals surface area contributed by atoms with Crippen LogP contribution in [0, 0.1) is 13.8 Å². The van der Waals surface area contributed by atoms with Crippen molar-refractivity contribution in [2.45, 2.75) is 20.4 Å². The van der Waals surface area contributed by atoms with E-state index in [9.17, 15) is 9.59 Å². The number of hydrogen-bond donors (Lipinski definition) is 1. The fourth-order valence-corrected chi connectivity index (χ4v) is 4.76. The number of benzene rings is 4. The van der Waals surface area contributed by atoms with Crippen molar-refractivity contribution < 1.29 is 9.59 Å². The van der Waals surface area contributed by atoms with Crippen LogP contribution in [0.25, 0.3) is 22.3 Å². The highest BCUT2D eigenvalue weighted by atomic mass is 16.2. The number of para-hydroxylation sites is 1. The van der Waals surface area contributed by atoms with Crippen molar-refractivity contribution in [3.05, 3.63) is 113 Å². The minimum absolute atomic E-state index is 0.151. The van der Waals surface area contributed by atoms with Gasteiger partial charge in [0.15, 0.2) is 0 Å². The minimum Gasteiger partial charge on any atom is -0.366 e. The Morgan fingerprint density at radius 2 is 1.39 bits per heavy atom. The molecule has 5 rings (SSSR count). The molecule has 2 amide bonds. The molecule has 1 aliphatic rings. The zero-order valence-corrected chi connectivity index (χ0v) is 18.6. The van der Waals surface area contributed by atoms with Crippen LogP contribution < -0.4 is 10.6 Å². The van der Waals surface area contributed by atoms with E-state index in [0.29, 0.717) is 17.7 Å². The number of amides is 2. The zero-order valence-electron chi connectivity index (χ0n) is 18.6. The Balaban J connectivity index is 1.73. The predicted molar refractivity (Wildman–Crippen MR) is 132 cm³/mol. The van der Waals surface area contributed by atoms with E-state index in [1.165, 1.54) is 0 Å². The second-order valence-corrected chi connectivity index (χ2v) is 8.39. The van der Waals surface area contributed by atoms with Crippen molar-refractivity contribution in [2.75, 3.05) is 4.90 Å². The predicted octanol–water partition coefficient (Wildman–Crippen LogP) is 5.90. The van der Waals surface area contributed by atoms with Gasteiger partial charge in [-0.15, -0.1) is 0 Å². The van der Waals surface area contributed by atoms with Crippen LogP contribution >= 0.6 is 0 Å². The first-order chi connectivity index (χ1) is 16.0. The van der Waals surface area contributed by atoms with E-state index in [1.54, 1.807) is 11.0 Å². The summed E-state index contributed by atoms with van der Waals surface area (Å²) in [6, 6.07) is 27.6. The molecule has 0 aliphatic carbocycles. The first-order valence-electron chi connectivity index (χ1n) is 11.0. The number of carbonyl (C=O) groups is 2. The molecule has 0 spiro atoms. The number of carbonyl (C=O) groups excluding carboxylic acids is 2. The summed E-state index contributed by atoms with van der Waals surface area (Å²) in [6.45, 7) is 4.28. The standard InChI is InChI=1S/C29H24N2O2/c1-18-19(2)27(20-10-4-3-5-11-20)25(16-24(18)28(30)32)29(33)31-17-21-12-6-7-13-22(21)23-14-8-9-15-26(23)31/h3-16H,17H2,1-2H3,(H2,30,32). The van der Waals surface area contributed by atoms with Gasteiger partial charge in [-0.05, 0) is 59.4 Å². The molecule has 4 heteroatoms. The van der Waals surface area contributed by atoms with Gasteiger partial charge >= 0.3 is 0 Å². The molecule has 2 N–H and O–H groups in total. The van der Waals surface area contributed by atoms with Crippen molar-refractivity contribution in [1.29, 1.82) is 0 Å². The average Bonchev–Trinajstić information content (AvgIpc) is 2.85. The first kappa shape index (κ1) is 20.7. The molecule has 4 aromatic carbocycles. The van der Waals surface area contributed by atoms with Gasteiger partial charge in [-0.3, -0.25) is 9.59 Å². The number of nitrogens with two attached hydrogens (primary N) is 1. The van der Waals surface area contributed by atoms with Crippen LogP contribution in [0.3, 0.4) is 0 Å². The summed E-state index contributed by atoms with van der Waals surface area (Å²) in [4.78, 5) is 28.2. The van der Waals surface area contributed by atoms with Crippen LogP contribution in [-0.4, -0.2) is 11.8 Å². The average molecular weight is 433 g/mol. The quantitative estimate of drug-likeness (QED) is 0.438. The zero-order chi connectivity index (χ0) is 23.1. The lowest BCUT2D eigenvalue weighted by molar-refractivity contribution is 0.0985. The van der Waals surface area contributed by atoms with Gasteiger partial charge in [0, 0.05) is 16.7 Å². The molecule has 0 aromatic heterocycles. The molecule has 0 saturated heterocycles. The molecule has 162 valence electrons. The molecule has 4 nitrogen and oxygen atoms in total. The Morgan fingerprint density at radius 1 is 0.758 bits per heavy atom. The highest BCUT2D eigenvalue weighted by Gasteiger charge is 2.30. The number of primary amides is 1. The third kappa shape index (κ3) is 3.40. The minimum atomic E-state index is -0.534. The summed E-state index contributed by atoms with van der Waals surface area (Å²) in [5.41, 5.74) is 14.1. The van der Waals surface area contributed by atoms with Crippen LogP contribution in [0.4, 0.5) is 5.69 Å². The fraction of sp³-hybridized carbons (Fsp3) is 0.103. The second kappa shape index (κ2) is 8.06. The van der Waals surface area contributed by atoms with Crippen LogP contribution in [-0.2, 0) is 6.54 Å². The van der Waals surface area contributed by atoms with Gasteiger partial charge in [0.2, 0.25) is 5.91 Å². The SMILES string of the molecule is Cc1c(C(N)=O)cc(C(=O)N2Cc3ccccc3-c3ccccc32)c(-c2ccccc2)c1C. The number of hydrogen-bond acceptors (Lipinski definition) is 2. The van der Waals surface area contributed by atoms with E-state index in [2.05, 4.69) is 12.1 Å². The van der Waals surface area contributed by atoms with Gasteiger partial charge in [0.05, 0.1) is 12.2 Å². The van der Waals surface area contributed by atoms with Crippen LogP contribution in [0.2, 0.25) is 0 Å². The Bertz CT molecular complexity index is 1410. The molecular formula is C29H24N2O2. The van der Waals surface area contributed by atoms with Crippen molar-refractivity contribution in [1.82, 2.24) is 0 Å². The summed E-state index contributed by atoms with van der Waals surface area (Å²) in [5, 5.41) is 0. The molecular weight excluding hydrogens is 408 g/mol. The largest absolute Gasteiger partial charge is 0.366 e. The normalized spacial score (nSPS) is 12.1. The summed E-state index contributed by atoms with van der Waals surface area (Å²) < 4.78 is 0. The first-order valence-corrected chi connectivity index (χ1v) is 11.0. The highest BCUT2D eigenvalue weighted by Crippen LogP contribution is 2.41. The topological polar surface area (TPSA) is 63.4 Å². The van der Waals surface area contributed by atoms with Crippen LogP contribution in [0.1, 0.15) is 37.4 Å². The molecule has 1 heterocycles. The van der Waals surface area contributed by atoms with Crippen molar-refractivity contribution in [3.63, 3.8) is 0 Å². The van der Waals surface area contributed by atoms with E-state index in [-0.39, 0.29) is 5.91 Å². The summed E-state index contributed by atoms with van der Waals surface area (Å²) in [5.74, 6) is -0.685. The molecule has 0 saturated carbocycles. The monoisotopic (exact) mass is 432 g/mol. The van der Waals surface area contributed by atoms with Gasteiger partial charge < -0.3 is 10.6 Å². The van der Waals surface area contributed by atoms with Gasteiger partial charge in [0.25, 0.3) is 5.91 Å². The van der Waals surface area contributed by atoms with E-state index >= 15 is 0 Å². The molecule has 0 radical (unpaired) electrons. The van der Waals surface area contributed by atoms with Gasteiger partial charge in [-0.25, -0.2) is 0 Å². The smallest absolute Gasteiger partial charge is 0.259 e. The third-order valence-electron chi connectivity index (χ3n) is 6.53. The number of anilines is 1. The Labute approximate surface area is 193 Å². The molecule has 0 atom stereocenters. The molecule has 0 fully saturated rings.